The summed E-state index contributed by atoms with van der Waals surface area (Å²) in [5.74, 6) is -5.09. The summed E-state index contributed by atoms with van der Waals surface area (Å²) in [6, 6.07) is 0. The highest BCUT2D eigenvalue weighted by Gasteiger charge is 2.39. The van der Waals surface area contributed by atoms with E-state index in [0.29, 0.717) is 0 Å². The second-order valence-corrected chi connectivity index (χ2v) is 3.70. The summed E-state index contributed by atoms with van der Waals surface area (Å²) in [5, 5.41) is 36.1. The third-order valence-electron chi connectivity index (χ3n) is 2.25. The van der Waals surface area contributed by atoms with Gasteiger partial charge in [0.15, 0.2) is 11.9 Å². The first kappa shape index (κ1) is 14.8. The molecule has 0 spiro atoms. The lowest BCUT2D eigenvalue weighted by Gasteiger charge is -2.16. The summed E-state index contributed by atoms with van der Waals surface area (Å²) in [6.45, 7) is -0.617. The van der Waals surface area contributed by atoms with Crippen LogP contribution >= 0.6 is 0 Å². The van der Waals surface area contributed by atoms with E-state index in [9.17, 15) is 24.6 Å². The van der Waals surface area contributed by atoms with Crippen LogP contribution in [0.25, 0.3) is 0 Å². The van der Waals surface area contributed by atoms with E-state index in [4.69, 9.17) is 10.2 Å². The van der Waals surface area contributed by atoms with Crippen molar-refractivity contribution < 1.29 is 44.3 Å². The monoisotopic (exact) mass is 276 g/mol. The van der Waals surface area contributed by atoms with Crippen molar-refractivity contribution in [1.82, 2.24) is 0 Å². The number of rotatable bonds is 6. The maximum absolute atomic E-state index is 11.0. The zero-order chi connectivity index (χ0) is 14.6. The smallest absolute Gasteiger partial charge is 0.377 e. The predicted octanol–water partition coefficient (Wildman–Crippen LogP) is -0.992. The molecule has 0 saturated carbocycles. The van der Waals surface area contributed by atoms with Crippen molar-refractivity contribution in [3.63, 3.8) is 0 Å². The number of aliphatic hydroxyl groups excluding tert-OH is 3. The zero-order valence-electron chi connectivity index (χ0n) is 9.61. The average Bonchev–Trinajstić information content (AvgIpc) is 2.61. The molecule has 0 aromatic heterocycles. The quantitative estimate of drug-likeness (QED) is 0.448. The molecule has 2 atom stereocenters. The summed E-state index contributed by atoms with van der Waals surface area (Å²) in [7, 11) is 0. The molecular weight excluding hydrogens is 264 g/mol. The van der Waals surface area contributed by atoms with Gasteiger partial charge < -0.3 is 29.9 Å². The maximum atomic E-state index is 11.0. The molecule has 0 bridgehead atoms. The molecule has 106 valence electrons. The minimum absolute atomic E-state index is 0.375. The summed E-state index contributed by atoms with van der Waals surface area (Å²) >= 11 is 0. The number of carboxylic acids is 1. The number of carboxylic acid groups (broad SMARTS) is 1. The fourth-order valence-corrected chi connectivity index (χ4v) is 1.27. The molecule has 0 saturated heterocycles. The normalized spacial score (nSPS) is 20.1. The number of hydrogen-bond acceptors (Lipinski definition) is 8. The molecule has 4 N–H and O–H groups in total. The van der Waals surface area contributed by atoms with E-state index in [2.05, 4.69) is 9.47 Å². The zero-order valence-corrected chi connectivity index (χ0v) is 9.61. The van der Waals surface area contributed by atoms with Crippen LogP contribution in [0.3, 0.4) is 0 Å². The van der Waals surface area contributed by atoms with Crippen LogP contribution in [-0.2, 0) is 23.9 Å². The molecule has 0 aromatic rings. The summed E-state index contributed by atoms with van der Waals surface area (Å²) in [6.07, 6.45) is -3.87. The molecule has 0 radical (unpaired) electrons. The van der Waals surface area contributed by atoms with Crippen LogP contribution in [0.2, 0.25) is 0 Å². The van der Waals surface area contributed by atoms with Crippen molar-refractivity contribution in [2.75, 3.05) is 6.61 Å². The first-order chi connectivity index (χ1) is 8.82. The van der Waals surface area contributed by atoms with Crippen molar-refractivity contribution in [2.45, 2.75) is 25.0 Å². The van der Waals surface area contributed by atoms with Gasteiger partial charge in [0.25, 0.3) is 0 Å². The maximum Gasteiger partial charge on any atom is 0.377 e. The van der Waals surface area contributed by atoms with E-state index in [1.807, 2.05) is 0 Å². The van der Waals surface area contributed by atoms with Crippen LogP contribution in [0.5, 0.6) is 0 Å². The fourth-order valence-electron chi connectivity index (χ4n) is 1.27. The van der Waals surface area contributed by atoms with Crippen LogP contribution < -0.4 is 0 Å². The Morgan fingerprint density at radius 2 is 1.95 bits per heavy atom. The Balaban J connectivity index is 2.40. The lowest BCUT2D eigenvalue weighted by Crippen LogP contribution is -2.33. The van der Waals surface area contributed by atoms with Gasteiger partial charge in [0.2, 0.25) is 5.76 Å². The first-order valence-corrected chi connectivity index (χ1v) is 5.21. The number of carbonyl (C=O) groups is 3. The summed E-state index contributed by atoms with van der Waals surface area (Å²) < 4.78 is 8.96. The van der Waals surface area contributed by atoms with Gasteiger partial charge >= 0.3 is 17.9 Å². The largest absolute Gasteiger partial charge is 0.505 e. The number of cyclic esters (lactones) is 1. The third kappa shape index (κ3) is 3.85. The second kappa shape index (κ2) is 6.05. The highest BCUT2D eigenvalue weighted by molar-refractivity contribution is 5.89. The lowest BCUT2D eigenvalue weighted by atomic mass is 10.2. The van der Waals surface area contributed by atoms with E-state index >= 15 is 0 Å². The Bertz CT molecular complexity index is 425. The van der Waals surface area contributed by atoms with Crippen molar-refractivity contribution >= 4 is 17.9 Å². The average molecular weight is 276 g/mol. The number of esters is 2. The van der Waals surface area contributed by atoms with Crippen molar-refractivity contribution in [1.29, 1.82) is 0 Å². The van der Waals surface area contributed by atoms with Gasteiger partial charge in [-0.3, -0.25) is 9.59 Å². The number of aliphatic carboxylic acids is 1. The molecule has 1 aliphatic heterocycles. The molecule has 2 unspecified atom stereocenters. The van der Waals surface area contributed by atoms with E-state index < -0.39 is 54.7 Å². The molecule has 19 heavy (non-hydrogen) atoms. The number of carbonyl (C=O) groups excluding carboxylic acids is 2. The highest BCUT2D eigenvalue weighted by Crippen LogP contribution is 2.21. The Hall–Kier alpha value is -2.29. The molecule has 0 amide bonds. The molecule has 0 fully saturated rings. The van der Waals surface area contributed by atoms with Crippen LogP contribution in [0.4, 0.5) is 0 Å². The number of aliphatic hydroxyl groups is 3. The van der Waals surface area contributed by atoms with Crippen LogP contribution in [0.15, 0.2) is 11.5 Å². The molecule has 1 heterocycles. The number of ether oxygens (including phenoxy) is 2. The van der Waals surface area contributed by atoms with Gasteiger partial charge in [0, 0.05) is 0 Å². The van der Waals surface area contributed by atoms with Crippen molar-refractivity contribution in [2.24, 2.45) is 0 Å². The van der Waals surface area contributed by atoms with E-state index in [0.717, 1.165) is 0 Å². The Morgan fingerprint density at radius 1 is 1.32 bits per heavy atom. The van der Waals surface area contributed by atoms with Gasteiger partial charge in [-0.1, -0.05) is 0 Å². The van der Waals surface area contributed by atoms with Crippen LogP contribution in [-0.4, -0.2) is 57.1 Å². The minimum Gasteiger partial charge on any atom is -0.505 e. The van der Waals surface area contributed by atoms with Crippen molar-refractivity contribution in [3.05, 3.63) is 11.5 Å². The SMILES string of the molecule is O=C(O)CCC(=O)OCC(O)C1OC(=O)C(O)=C1O. The molecule has 1 aliphatic rings. The van der Waals surface area contributed by atoms with Gasteiger partial charge in [-0.05, 0) is 0 Å². The van der Waals surface area contributed by atoms with Gasteiger partial charge in [0.1, 0.15) is 12.7 Å². The van der Waals surface area contributed by atoms with Gasteiger partial charge in [-0.2, -0.15) is 0 Å². The third-order valence-corrected chi connectivity index (χ3v) is 2.25. The lowest BCUT2D eigenvalue weighted by molar-refractivity contribution is -0.156. The van der Waals surface area contributed by atoms with Crippen LogP contribution in [0.1, 0.15) is 12.8 Å². The molecule has 0 aliphatic carbocycles. The first-order valence-electron chi connectivity index (χ1n) is 5.21. The van der Waals surface area contributed by atoms with E-state index in [1.165, 1.54) is 0 Å². The van der Waals surface area contributed by atoms with E-state index in [-0.39, 0.29) is 6.42 Å². The standard InChI is InChI=1S/C10H12O9/c11-4(3-18-6(14)2-1-5(12)13)9-7(15)8(16)10(17)19-9/h4,9,11,15-16H,1-3H2,(H,12,13). The Kier molecular flexibility index (Phi) is 4.70. The molecular formula is C10H12O9. The van der Waals surface area contributed by atoms with Gasteiger partial charge in [-0.25, -0.2) is 4.79 Å². The van der Waals surface area contributed by atoms with Gasteiger partial charge in [-0.15, -0.1) is 0 Å². The van der Waals surface area contributed by atoms with Crippen molar-refractivity contribution in [3.8, 4) is 0 Å². The summed E-state index contributed by atoms with van der Waals surface area (Å²) in [5.41, 5.74) is 0. The number of hydrogen-bond donors (Lipinski definition) is 4. The topological polar surface area (TPSA) is 151 Å². The predicted molar refractivity (Wildman–Crippen MR) is 56.0 cm³/mol. The van der Waals surface area contributed by atoms with Gasteiger partial charge in [0.05, 0.1) is 12.8 Å². The fraction of sp³-hybridized carbons (Fsp3) is 0.500. The summed E-state index contributed by atoms with van der Waals surface area (Å²) in [4.78, 5) is 32.1. The Labute approximate surface area is 106 Å². The molecule has 0 aromatic carbocycles. The minimum atomic E-state index is -1.57. The van der Waals surface area contributed by atoms with E-state index in [1.54, 1.807) is 0 Å². The van der Waals surface area contributed by atoms with Crippen LogP contribution in [0, 0.1) is 0 Å². The Morgan fingerprint density at radius 3 is 2.42 bits per heavy atom. The molecule has 1 rings (SSSR count). The second-order valence-electron chi connectivity index (χ2n) is 3.70. The molecule has 9 heteroatoms. The highest BCUT2D eigenvalue weighted by atomic mass is 16.6. The molecule has 9 nitrogen and oxygen atoms in total.